The predicted octanol–water partition coefficient (Wildman–Crippen LogP) is 3.77. The van der Waals surface area contributed by atoms with Crippen LogP contribution in [0, 0.1) is 5.13 Å². The Balaban J connectivity index is 3.05. The van der Waals surface area contributed by atoms with Crippen LogP contribution in [0.25, 0.3) is 0 Å². The second kappa shape index (κ2) is 3.01. The molecule has 0 radical (unpaired) electrons. The van der Waals surface area contributed by atoms with Gasteiger partial charge in [-0.25, -0.2) is 0 Å². The molecule has 0 saturated heterocycles. The normalized spacial score (nSPS) is 10.9. The summed E-state index contributed by atoms with van der Waals surface area (Å²) in [6.07, 6.45) is 0. The van der Waals surface area contributed by atoms with E-state index in [1.807, 2.05) is 19.2 Å². The van der Waals surface area contributed by atoms with Crippen LogP contribution in [-0.4, -0.2) is 0 Å². The SMILES string of the molecule is CC(C)c1csc(F)c1Br. The molecule has 0 nitrogen and oxygen atoms in total. The monoisotopic (exact) mass is 222 g/mol. The number of hydrogen-bond donors (Lipinski definition) is 0. The molecule has 0 fully saturated rings. The molecule has 0 unspecified atom stereocenters. The van der Waals surface area contributed by atoms with Crippen molar-refractivity contribution in [3.8, 4) is 0 Å². The predicted molar refractivity (Wildman–Crippen MR) is 46.1 cm³/mol. The van der Waals surface area contributed by atoms with Crippen molar-refractivity contribution in [2.75, 3.05) is 0 Å². The third-order valence-electron chi connectivity index (χ3n) is 1.34. The molecule has 1 aromatic rings. The van der Waals surface area contributed by atoms with E-state index >= 15 is 0 Å². The minimum Gasteiger partial charge on any atom is -0.194 e. The summed E-state index contributed by atoms with van der Waals surface area (Å²) in [5.41, 5.74) is 1.06. The Labute approximate surface area is 72.2 Å². The molecule has 0 aromatic carbocycles. The van der Waals surface area contributed by atoms with Gasteiger partial charge in [0.05, 0.1) is 4.47 Å². The summed E-state index contributed by atoms with van der Waals surface area (Å²) in [7, 11) is 0. The summed E-state index contributed by atoms with van der Waals surface area (Å²) in [5.74, 6) is 0.398. The average Bonchev–Trinajstić information content (AvgIpc) is 2.14. The van der Waals surface area contributed by atoms with E-state index < -0.39 is 0 Å². The number of hydrogen-bond acceptors (Lipinski definition) is 1. The average molecular weight is 223 g/mol. The second-order valence-corrected chi connectivity index (χ2v) is 4.06. The Bertz CT molecular complexity index is 230. The van der Waals surface area contributed by atoms with Gasteiger partial charge in [0.15, 0.2) is 5.13 Å². The standard InChI is InChI=1S/C7H8BrFS/c1-4(2)5-3-10-7(9)6(5)8/h3-4H,1-2H3. The van der Waals surface area contributed by atoms with Crippen molar-refractivity contribution < 1.29 is 4.39 Å². The van der Waals surface area contributed by atoms with E-state index in [0.29, 0.717) is 10.4 Å². The van der Waals surface area contributed by atoms with Crippen LogP contribution < -0.4 is 0 Å². The lowest BCUT2D eigenvalue weighted by molar-refractivity contribution is 0.647. The fourth-order valence-corrected chi connectivity index (χ4v) is 2.57. The van der Waals surface area contributed by atoms with E-state index in [4.69, 9.17) is 0 Å². The molecule has 0 aliphatic carbocycles. The van der Waals surface area contributed by atoms with Gasteiger partial charge in [-0.1, -0.05) is 13.8 Å². The van der Waals surface area contributed by atoms with Gasteiger partial charge in [0.2, 0.25) is 0 Å². The molecule has 0 N–H and O–H groups in total. The highest BCUT2D eigenvalue weighted by Gasteiger charge is 2.10. The second-order valence-electron chi connectivity index (χ2n) is 2.43. The molecule has 0 aliphatic heterocycles. The molecule has 1 heterocycles. The van der Waals surface area contributed by atoms with Gasteiger partial charge >= 0.3 is 0 Å². The number of thiophene rings is 1. The summed E-state index contributed by atoms with van der Waals surface area (Å²) in [4.78, 5) is 0. The molecule has 1 aromatic heterocycles. The van der Waals surface area contributed by atoms with Crippen molar-refractivity contribution in [3.05, 3.63) is 20.5 Å². The lowest BCUT2D eigenvalue weighted by Gasteiger charge is -1.99. The van der Waals surface area contributed by atoms with Crippen molar-refractivity contribution in [2.24, 2.45) is 0 Å². The first-order valence-corrected chi connectivity index (χ1v) is 4.72. The molecule has 3 heteroatoms. The molecule has 56 valence electrons. The Hall–Kier alpha value is 0.110. The van der Waals surface area contributed by atoms with Crippen LogP contribution in [0.4, 0.5) is 4.39 Å². The molecule has 0 spiro atoms. The highest BCUT2D eigenvalue weighted by atomic mass is 79.9. The van der Waals surface area contributed by atoms with Crippen molar-refractivity contribution in [1.29, 1.82) is 0 Å². The Kier molecular flexibility index (Phi) is 2.47. The summed E-state index contributed by atoms with van der Waals surface area (Å²) < 4.78 is 13.3. The fraction of sp³-hybridized carbons (Fsp3) is 0.429. The molecular formula is C7H8BrFS. The zero-order valence-corrected chi connectivity index (χ0v) is 8.22. The largest absolute Gasteiger partial charge is 0.194 e. The van der Waals surface area contributed by atoms with Crippen LogP contribution in [0.5, 0.6) is 0 Å². The van der Waals surface area contributed by atoms with Crippen LogP contribution in [0.2, 0.25) is 0 Å². The van der Waals surface area contributed by atoms with E-state index in [9.17, 15) is 4.39 Å². The van der Waals surface area contributed by atoms with E-state index in [2.05, 4.69) is 15.9 Å². The molecule has 0 bridgehead atoms. The lowest BCUT2D eigenvalue weighted by atomic mass is 10.1. The summed E-state index contributed by atoms with van der Waals surface area (Å²) in [6, 6.07) is 0. The zero-order valence-electron chi connectivity index (χ0n) is 5.82. The maximum absolute atomic E-state index is 12.7. The first kappa shape index (κ1) is 8.21. The van der Waals surface area contributed by atoms with Crippen LogP contribution >= 0.6 is 27.3 Å². The highest BCUT2D eigenvalue weighted by molar-refractivity contribution is 9.10. The summed E-state index contributed by atoms with van der Waals surface area (Å²) in [5, 5.41) is 1.73. The maximum Gasteiger partial charge on any atom is 0.190 e. The fourth-order valence-electron chi connectivity index (χ4n) is 0.722. The van der Waals surface area contributed by atoms with Gasteiger partial charge in [-0.15, -0.1) is 11.3 Å². The van der Waals surface area contributed by atoms with Crippen LogP contribution in [0.1, 0.15) is 25.3 Å². The molecule has 0 atom stereocenters. The topological polar surface area (TPSA) is 0 Å². The van der Waals surface area contributed by atoms with Gasteiger partial charge in [0, 0.05) is 0 Å². The lowest BCUT2D eigenvalue weighted by Crippen LogP contribution is -1.83. The third kappa shape index (κ3) is 1.40. The molecule has 10 heavy (non-hydrogen) atoms. The molecule has 1 rings (SSSR count). The summed E-state index contributed by atoms with van der Waals surface area (Å²) >= 11 is 4.33. The van der Waals surface area contributed by atoms with Gasteiger partial charge in [0.1, 0.15) is 0 Å². The van der Waals surface area contributed by atoms with Crippen LogP contribution in [0.3, 0.4) is 0 Å². The summed E-state index contributed by atoms with van der Waals surface area (Å²) in [6.45, 7) is 4.10. The highest BCUT2D eigenvalue weighted by Crippen LogP contribution is 2.31. The Morgan fingerprint density at radius 3 is 2.40 bits per heavy atom. The van der Waals surface area contributed by atoms with Crippen molar-refractivity contribution in [1.82, 2.24) is 0 Å². The maximum atomic E-state index is 12.7. The van der Waals surface area contributed by atoms with E-state index in [-0.39, 0.29) is 5.13 Å². The van der Waals surface area contributed by atoms with Crippen molar-refractivity contribution in [2.45, 2.75) is 19.8 Å². The first-order chi connectivity index (χ1) is 4.63. The van der Waals surface area contributed by atoms with E-state index in [1.165, 1.54) is 0 Å². The van der Waals surface area contributed by atoms with Gasteiger partial charge in [-0.05, 0) is 32.8 Å². The van der Waals surface area contributed by atoms with Crippen LogP contribution in [0.15, 0.2) is 9.85 Å². The van der Waals surface area contributed by atoms with Gasteiger partial charge in [0.25, 0.3) is 0 Å². The van der Waals surface area contributed by atoms with Crippen LogP contribution in [-0.2, 0) is 0 Å². The Morgan fingerprint density at radius 2 is 2.20 bits per heavy atom. The van der Waals surface area contributed by atoms with E-state index in [1.54, 1.807) is 0 Å². The van der Waals surface area contributed by atoms with Gasteiger partial charge in [-0.2, -0.15) is 4.39 Å². The van der Waals surface area contributed by atoms with Gasteiger partial charge in [-0.3, -0.25) is 0 Å². The number of halogens is 2. The molecule has 0 aliphatic rings. The van der Waals surface area contributed by atoms with Crippen molar-refractivity contribution >= 4 is 27.3 Å². The first-order valence-electron chi connectivity index (χ1n) is 3.05. The number of rotatable bonds is 1. The minimum absolute atomic E-state index is 0.122. The molecule has 0 saturated carbocycles. The Morgan fingerprint density at radius 1 is 1.60 bits per heavy atom. The van der Waals surface area contributed by atoms with Gasteiger partial charge < -0.3 is 0 Å². The molecule has 0 amide bonds. The third-order valence-corrected chi connectivity index (χ3v) is 3.19. The minimum atomic E-state index is -0.122. The molecular weight excluding hydrogens is 215 g/mol. The van der Waals surface area contributed by atoms with E-state index in [0.717, 1.165) is 16.9 Å². The smallest absolute Gasteiger partial charge is 0.190 e. The quantitative estimate of drug-likeness (QED) is 0.679. The zero-order chi connectivity index (χ0) is 7.72. The van der Waals surface area contributed by atoms with Crippen molar-refractivity contribution in [3.63, 3.8) is 0 Å².